The van der Waals surface area contributed by atoms with E-state index in [0.717, 1.165) is 30.5 Å². The van der Waals surface area contributed by atoms with Crippen LogP contribution in [0.4, 0.5) is 0 Å². The summed E-state index contributed by atoms with van der Waals surface area (Å²) in [6, 6.07) is 0. The number of hydrogen-bond donors (Lipinski definition) is 1. The van der Waals surface area contributed by atoms with Gasteiger partial charge in [0.2, 0.25) is 5.91 Å². The van der Waals surface area contributed by atoms with Gasteiger partial charge in [-0.25, -0.2) is 0 Å². The van der Waals surface area contributed by atoms with E-state index >= 15 is 0 Å². The van der Waals surface area contributed by atoms with E-state index < -0.39 is 0 Å². The van der Waals surface area contributed by atoms with E-state index in [1.54, 1.807) is 0 Å². The van der Waals surface area contributed by atoms with Crippen molar-refractivity contribution < 1.29 is 9.53 Å². The van der Waals surface area contributed by atoms with Gasteiger partial charge in [0.15, 0.2) is 5.16 Å². The minimum atomic E-state index is 0.150. The van der Waals surface area contributed by atoms with Gasteiger partial charge in [-0.2, -0.15) is 0 Å². The van der Waals surface area contributed by atoms with Crippen LogP contribution in [0.5, 0.6) is 0 Å². The Morgan fingerprint density at radius 3 is 2.95 bits per heavy atom. The minimum absolute atomic E-state index is 0.150. The molecule has 3 rings (SSSR count). The normalized spacial score (nSPS) is 22.8. The Morgan fingerprint density at radius 1 is 1.41 bits per heavy atom. The van der Waals surface area contributed by atoms with Gasteiger partial charge in [0.1, 0.15) is 5.82 Å². The third-order valence-corrected chi connectivity index (χ3v) is 5.22. The van der Waals surface area contributed by atoms with Crippen molar-refractivity contribution in [1.29, 1.82) is 0 Å². The summed E-state index contributed by atoms with van der Waals surface area (Å²) in [7, 11) is 1.99. The topological polar surface area (TPSA) is 72.3 Å². The highest BCUT2D eigenvalue weighted by Gasteiger charge is 2.23. The standard InChI is InChI=1S/C14H23N5O2S/c1-18-13(11-3-2-4-15-9-11)16-17-14(18)22-10-12(20)19-5-7-21-8-6-19/h11,15H,2-10H2,1H3. The molecule has 3 heterocycles. The smallest absolute Gasteiger partial charge is 0.233 e. The van der Waals surface area contributed by atoms with Gasteiger partial charge in [0, 0.05) is 32.6 Å². The van der Waals surface area contributed by atoms with Gasteiger partial charge in [0.05, 0.1) is 19.0 Å². The van der Waals surface area contributed by atoms with Crippen LogP contribution in [0, 0.1) is 0 Å². The maximum absolute atomic E-state index is 12.2. The molecule has 0 aliphatic carbocycles. The zero-order chi connectivity index (χ0) is 15.4. The SMILES string of the molecule is Cn1c(SCC(=O)N2CCOCC2)nnc1C1CCCNC1. The van der Waals surface area contributed by atoms with E-state index in [-0.39, 0.29) is 5.91 Å². The number of rotatable bonds is 4. The molecule has 0 radical (unpaired) electrons. The number of piperidine rings is 1. The Hall–Kier alpha value is -1.12. The Labute approximate surface area is 134 Å². The largest absolute Gasteiger partial charge is 0.378 e. The van der Waals surface area contributed by atoms with Crippen LogP contribution in [0.1, 0.15) is 24.6 Å². The molecule has 8 heteroatoms. The lowest BCUT2D eigenvalue weighted by atomic mass is 9.99. The lowest BCUT2D eigenvalue weighted by Gasteiger charge is -2.26. The van der Waals surface area contributed by atoms with E-state index in [1.165, 1.54) is 18.2 Å². The molecular weight excluding hydrogens is 302 g/mol. The van der Waals surface area contributed by atoms with Crippen LogP contribution in [0.3, 0.4) is 0 Å². The fraction of sp³-hybridized carbons (Fsp3) is 0.786. The maximum Gasteiger partial charge on any atom is 0.233 e. The molecule has 2 aliphatic rings. The summed E-state index contributed by atoms with van der Waals surface area (Å²) in [4.78, 5) is 14.0. The second-order valence-electron chi connectivity index (χ2n) is 5.72. The first-order valence-electron chi connectivity index (χ1n) is 7.84. The van der Waals surface area contributed by atoms with Crippen molar-refractivity contribution in [2.75, 3.05) is 45.1 Å². The van der Waals surface area contributed by atoms with Crippen LogP contribution >= 0.6 is 11.8 Å². The number of ether oxygens (including phenoxy) is 1. The summed E-state index contributed by atoms with van der Waals surface area (Å²) in [5, 5.41) is 12.8. The van der Waals surface area contributed by atoms with Crippen molar-refractivity contribution in [2.24, 2.45) is 7.05 Å². The van der Waals surface area contributed by atoms with Crippen LogP contribution in [0.2, 0.25) is 0 Å². The van der Waals surface area contributed by atoms with Crippen molar-refractivity contribution in [3.8, 4) is 0 Å². The van der Waals surface area contributed by atoms with Gasteiger partial charge in [-0.15, -0.1) is 10.2 Å². The number of hydrogen-bond acceptors (Lipinski definition) is 6. The van der Waals surface area contributed by atoms with Crippen molar-refractivity contribution >= 4 is 17.7 Å². The monoisotopic (exact) mass is 325 g/mol. The number of thioether (sulfide) groups is 1. The van der Waals surface area contributed by atoms with E-state index in [4.69, 9.17) is 4.74 Å². The highest BCUT2D eigenvalue weighted by Crippen LogP contribution is 2.25. The first-order valence-corrected chi connectivity index (χ1v) is 8.82. The van der Waals surface area contributed by atoms with Crippen LogP contribution < -0.4 is 5.32 Å². The maximum atomic E-state index is 12.2. The molecule has 2 saturated heterocycles. The van der Waals surface area contributed by atoms with Crippen molar-refractivity contribution in [1.82, 2.24) is 25.0 Å². The number of amides is 1. The Kier molecular flexibility index (Phi) is 5.32. The predicted octanol–water partition coefficient (Wildman–Crippen LogP) is 0.233. The predicted molar refractivity (Wildman–Crippen MR) is 84.0 cm³/mol. The molecule has 22 heavy (non-hydrogen) atoms. The molecule has 1 N–H and O–H groups in total. The van der Waals surface area contributed by atoms with Crippen LogP contribution in [-0.4, -0.2) is 70.7 Å². The quantitative estimate of drug-likeness (QED) is 0.799. The lowest BCUT2D eigenvalue weighted by molar-refractivity contribution is -0.132. The van der Waals surface area contributed by atoms with Gasteiger partial charge in [0.25, 0.3) is 0 Å². The molecule has 7 nitrogen and oxygen atoms in total. The zero-order valence-electron chi connectivity index (χ0n) is 13.0. The molecule has 1 aromatic rings. The van der Waals surface area contributed by atoms with E-state index in [1.807, 2.05) is 16.5 Å². The summed E-state index contributed by atoms with van der Waals surface area (Å²) in [6.45, 7) is 4.71. The number of carbonyl (C=O) groups excluding carboxylic acids is 1. The van der Waals surface area contributed by atoms with Crippen molar-refractivity contribution in [3.05, 3.63) is 5.82 Å². The summed E-state index contributed by atoms with van der Waals surface area (Å²) in [5.41, 5.74) is 0. The number of carbonyl (C=O) groups is 1. The molecule has 1 amide bonds. The minimum Gasteiger partial charge on any atom is -0.378 e. The molecule has 122 valence electrons. The van der Waals surface area contributed by atoms with Crippen LogP contribution in [-0.2, 0) is 16.6 Å². The Bertz CT molecular complexity index is 509. The zero-order valence-corrected chi connectivity index (χ0v) is 13.8. The average molecular weight is 325 g/mol. The molecule has 1 atom stereocenters. The third kappa shape index (κ3) is 3.61. The molecule has 0 bridgehead atoms. The van der Waals surface area contributed by atoms with Crippen molar-refractivity contribution in [3.63, 3.8) is 0 Å². The number of nitrogens with zero attached hydrogens (tertiary/aromatic N) is 4. The molecular formula is C14H23N5O2S. The van der Waals surface area contributed by atoms with Gasteiger partial charge in [-0.1, -0.05) is 11.8 Å². The molecule has 0 saturated carbocycles. The molecule has 0 spiro atoms. The highest BCUT2D eigenvalue weighted by atomic mass is 32.2. The van der Waals surface area contributed by atoms with E-state index in [9.17, 15) is 4.79 Å². The number of morpholine rings is 1. The first kappa shape index (κ1) is 15.8. The van der Waals surface area contributed by atoms with Gasteiger partial charge in [-0.3, -0.25) is 4.79 Å². The highest BCUT2D eigenvalue weighted by molar-refractivity contribution is 7.99. The molecule has 2 fully saturated rings. The van der Waals surface area contributed by atoms with Gasteiger partial charge >= 0.3 is 0 Å². The summed E-state index contributed by atoms with van der Waals surface area (Å²) in [6.07, 6.45) is 2.33. The second kappa shape index (κ2) is 7.43. The second-order valence-corrected chi connectivity index (χ2v) is 6.67. The Morgan fingerprint density at radius 2 is 2.23 bits per heavy atom. The molecule has 0 aromatic carbocycles. The fourth-order valence-corrected chi connectivity index (χ4v) is 3.73. The van der Waals surface area contributed by atoms with E-state index in [2.05, 4.69) is 15.5 Å². The first-order chi connectivity index (χ1) is 10.8. The summed E-state index contributed by atoms with van der Waals surface area (Å²) < 4.78 is 7.31. The third-order valence-electron chi connectivity index (χ3n) is 4.22. The number of aromatic nitrogens is 3. The lowest BCUT2D eigenvalue weighted by Crippen LogP contribution is -2.41. The molecule has 2 aliphatic heterocycles. The van der Waals surface area contributed by atoms with Crippen LogP contribution in [0.25, 0.3) is 0 Å². The van der Waals surface area contributed by atoms with Gasteiger partial charge in [-0.05, 0) is 19.4 Å². The summed E-state index contributed by atoms with van der Waals surface area (Å²) >= 11 is 1.47. The van der Waals surface area contributed by atoms with Crippen LogP contribution in [0.15, 0.2) is 5.16 Å². The summed E-state index contributed by atoms with van der Waals surface area (Å²) in [5.74, 6) is 2.01. The average Bonchev–Trinajstić information content (AvgIpc) is 2.95. The van der Waals surface area contributed by atoms with E-state index in [0.29, 0.717) is 38.0 Å². The molecule has 1 unspecified atom stereocenters. The fourth-order valence-electron chi connectivity index (χ4n) is 2.91. The Balaban J connectivity index is 1.56. The molecule has 1 aromatic heterocycles. The van der Waals surface area contributed by atoms with Gasteiger partial charge < -0.3 is 19.5 Å². The van der Waals surface area contributed by atoms with Crippen molar-refractivity contribution in [2.45, 2.75) is 23.9 Å². The number of nitrogens with one attached hydrogen (secondary N) is 1.